The summed E-state index contributed by atoms with van der Waals surface area (Å²) < 4.78 is 3.16. The monoisotopic (exact) mass is 362 g/mol. The van der Waals surface area contributed by atoms with E-state index in [-0.39, 0.29) is 0 Å². The minimum atomic E-state index is 0.387. The fourth-order valence-corrected chi connectivity index (χ4v) is 3.01. The number of alkyl halides is 1. The summed E-state index contributed by atoms with van der Waals surface area (Å²) in [6.45, 7) is 4.39. The molecule has 3 rings (SSSR count). The molecule has 0 aliphatic heterocycles. The van der Waals surface area contributed by atoms with E-state index in [0.29, 0.717) is 11.8 Å². The van der Waals surface area contributed by atoms with Crippen LogP contribution in [0.1, 0.15) is 31.2 Å². The Morgan fingerprint density at radius 1 is 1.14 bits per heavy atom. The van der Waals surface area contributed by atoms with E-state index < -0.39 is 0 Å². The molecule has 0 fully saturated rings. The molecule has 1 aromatic heterocycles. The fourth-order valence-electron chi connectivity index (χ4n) is 2.48. The lowest BCUT2D eigenvalue weighted by Crippen LogP contribution is -1.99. The van der Waals surface area contributed by atoms with Gasteiger partial charge in [0.15, 0.2) is 0 Å². The third-order valence-electron chi connectivity index (χ3n) is 3.62. The maximum absolute atomic E-state index is 6.08. The highest BCUT2D eigenvalue weighted by Gasteiger charge is 2.12. The van der Waals surface area contributed by atoms with Gasteiger partial charge >= 0.3 is 0 Å². The normalized spacial score (nSPS) is 11.5. The molecule has 0 amide bonds. The van der Waals surface area contributed by atoms with Crippen LogP contribution in [0, 0.1) is 0 Å². The number of halogens is 2. The molecule has 21 heavy (non-hydrogen) atoms. The van der Waals surface area contributed by atoms with Crippen molar-refractivity contribution in [1.82, 2.24) is 9.55 Å². The van der Waals surface area contributed by atoms with E-state index in [9.17, 15) is 0 Å². The lowest BCUT2D eigenvalue weighted by atomic mass is 10.0. The van der Waals surface area contributed by atoms with Crippen LogP contribution in [0.5, 0.6) is 0 Å². The number of aromatic nitrogens is 2. The maximum atomic E-state index is 6.08. The fraction of sp³-hybridized carbons (Fsp3) is 0.235. The van der Waals surface area contributed by atoms with Gasteiger partial charge in [-0.15, -0.1) is 11.6 Å². The van der Waals surface area contributed by atoms with Crippen LogP contribution in [0.25, 0.3) is 16.7 Å². The molecule has 2 nitrogen and oxygen atoms in total. The molecule has 2 aromatic carbocycles. The molecule has 0 radical (unpaired) electrons. The Morgan fingerprint density at radius 3 is 2.48 bits per heavy atom. The molecule has 0 saturated carbocycles. The van der Waals surface area contributed by atoms with Crippen LogP contribution in [-0.4, -0.2) is 9.55 Å². The van der Waals surface area contributed by atoms with Crippen molar-refractivity contribution in [3.8, 4) is 5.69 Å². The number of imidazole rings is 1. The zero-order valence-corrected chi connectivity index (χ0v) is 14.3. The molecule has 0 bridgehead atoms. The van der Waals surface area contributed by atoms with Gasteiger partial charge in [-0.1, -0.05) is 41.9 Å². The first-order valence-electron chi connectivity index (χ1n) is 6.93. The van der Waals surface area contributed by atoms with Gasteiger partial charge in [0.25, 0.3) is 0 Å². The first-order valence-corrected chi connectivity index (χ1v) is 8.26. The zero-order chi connectivity index (χ0) is 15.0. The Kier molecular flexibility index (Phi) is 4.05. The van der Waals surface area contributed by atoms with Gasteiger partial charge < -0.3 is 0 Å². The smallest absolute Gasteiger partial charge is 0.129 e. The molecule has 0 spiro atoms. The molecule has 1 heterocycles. The van der Waals surface area contributed by atoms with Crippen LogP contribution in [-0.2, 0) is 5.88 Å². The van der Waals surface area contributed by atoms with E-state index in [0.717, 1.165) is 27.0 Å². The van der Waals surface area contributed by atoms with Crippen LogP contribution >= 0.6 is 27.5 Å². The Hall–Kier alpha value is -1.32. The van der Waals surface area contributed by atoms with Crippen molar-refractivity contribution in [2.24, 2.45) is 0 Å². The highest BCUT2D eigenvalue weighted by molar-refractivity contribution is 9.10. The third kappa shape index (κ3) is 2.72. The zero-order valence-electron chi connectivity index (χ0n) is 12.0. The predicted octanol–water partition coefficient (Wildman–Crippen LogP) is 5.65. The van der Waals surface area contributed by atoms with Gasteiger partial charge in [-0.25, -0.2) is 4.98 Å². The minimum Gasteiger partial charge on any atom is -0.295 e. The Balaban J connectivity index is 2.20. The van der Waals surface area contributed by atoms with Crippen molar-refractivity contribution in [3.05, 3.63) is 58.3 Å². The first-order chi connectivity index (χ1) is 10.1. The van der Waals surface area contributed by atoms with Crippen molar-refractivity contribution in [1.29, 1.82) is 0 Å². The summed E-state index contributed by atoms with van der Waals surface area (Å²) in [6, 6.07) is 14.7. The highest BCUT2D eigenvalue weighted by Crippen LogP contribution is 2.26. The molecule has 0 N–H and O–H groups in total. The van der Waals surface area contributed by atoms with Gasteiger partial charge in [0.2, 0.25) is 0 Å². The summed E-state index contributed by atoms with van der Waals surface area (Å²) in [7, 11) is 0. The van der Waals surface area contributed by atoms with Crippen LogP contribution in [0.3, 0.4) is 0 Å². The van der Waals surface area contributed by atoms with Crippen molar-refractivity contribution >= 4 is 38.6 Å². The van der Waals surface area contributed by atoms with Gasteiger partial charge in [0.1, 0.15) is 5.82 Å². The number of fused-ring (bicyclic) bond motifs is 1. The largest absolute Gasteiger partial charge is 0.295 e. The minimum absolute atomic E-state index is 0.387. The van der Waals surface area contributed by atoms with E-state index in [1.807, 2.05) is 12.1 Å². The van der Waals surface area contributed by atoms with E-state index in [1.54, 1.807) is 0 Å². The molecule has 108 valence electrons. The molecule has 4 heteroatoms. The average Bonchev–Trinajstić information content (AvgIpc) is 2.85. The van der Waals surface area contributed by atoms with Gasteiger partial charge in [-0.3, -0.25) is 4.57 Å². The average molecular weight is 364 g/mol. The summed E-state index contributed by atoms with van der Waals surface area (Å²) in [4.78, 5) is 4.62. The van der Waals surface area contributed by atoms with Crippen molar-refractivity contribution in [2.45, 2.75) is 25.6 Å². The second kappa shape index (κ2) is 5.82. The topological polar surface area (TPSA) is 17.8 Å². The Morgan fingerprint density at radius 2 is 1.86 bits per heavy atom. The Labute approximate surface area is 137 Å². The molecule has 0 aliphatic carbocycles. The summed E-state index contributed by atoms with van der Waals surface area (Å²) in [6.07, 6.45) is 0. The molecule has 0 aliphatic rings. The molecule has 0 saturated heterocycles. The quantitative estimate of drug-likeness (QED) is 0.550. The van der Waals surface area contributed by atoms with Gasteiger partial charge in [0, 0.05) is 10.2 Å². The molecule has 0 atom stereocenters. The van der Waals surface area contributed by atoms with Crippen molar-refractivity contribution < 1.29 is 0 Å². The molecular weight excluding hydrogens is 348 g/mol. The Bertz CT molecular complexity index is 775. The summed E-state index contributed by atoms with van der Waals surface area (Å²) >= 11 is 9.61. The van der Waals surface area contributed by atoms with Gasteiger partial charge in [-0.05, 0) is 41.8 Å². The van der Waals surface area contributed by atoms with Crippen LogP contribution in [0.4, 0.5) is 0 Å². The lowest BCUT2D eigenvalue weighted by molar-refractivity contribution is 0.864. The van der Waals surface area contributed by atoms with Crippen molar-refractivity contribution in [3.63, 3.8) is 0 Å². The first kappa shape index (κ1) is 14.6. The van der Waals surface area contributed by atoms with Crippen LogP contribution in [0.2, 0.25) is 0 Å². The number of benzene rings is 2. The van der Waals surface area contributed by atoms with Crippen LogP contribution in [0.15, 0.2) is 46.9 Å². The SMILES string of the molecule is CC(C)c1ccc(-n2c(CCl)nc3ccc(Br)cc32)cc1. The number of hydrogen-bond acceptors (Lipinski definition) is 1. The van der Waals surface area contributed by atoms with E-state index in [2.05, 4.69) is 69.7 Å². The number of rotatable bonds is 3. The van der Waals surface area contributed by atoms with Gasteiger partial charge in [-0.2, -0.15) is 0 Å². The maximum Gasteiger partial charge on any atom is 0.129 e. The number of hydrogen-bond donors (Lipinski definition) is 0. The third-order valence-corrected chi connectivity index (χ3v) is 4.36. The van der Waals surface area contributed by atoms with E-state index in [4.69, 9.17) is 11.6 Å². The highest BCUT2D eigenvalue weighted by atomic mass is 79.9. The summed E-state index contributed by atoms with van der Waals surface area (Å²) in [5, 5.41) is 0. The second-order valence-corrected chi connectivity index (χ2v) is 6.56. The predicted molar refractivity (Wildman–Crippen MR) is 92.4 cm³/mol. The molecular formula is C17H16BrClN2. The molecule has 0 unspecified atom stereocenters. The standard InChI is InChI=1S/C17H16BrClN2/c1-11(2)12-3-6-14(7-4-12)21-16-9-13(18)5-8-15(16)20-17(21)10-19/h3-9,11H,10H2,1-2H3. The second-order valence-electron chi connectivity index (χ2n) is 5.38. The van der Waals surface area contributed by atoms with Crippen LogP contribution < -0.4 is 0 Å². The lowest BCUT2D eigenvalue weighted by Gasteiger charge is -2.10. The number of nitrogens with zero attached hydrogens (tertiary/aromatic N) is 2. The summed E-state index contributed by atoms with van der Waals surface area (Å²) in [5.74, 6) is 1.78. The van der Waals surface area contributed by atoms with Gasteiger partial charge in [0.05, 0.1) is 16.9 Å². The van der Waals surface area contributed by atoms with Crippen molar-refractivity contribution in [2.75, 3.05) is 0 Å². The van der Waals surface area contributed by atoms with E-state index in [1.165, 1.54) is 5.56 Å². The summed E-state index contributed by atoms with van der Waals surface area (Å²) in [5.41, 5.74) is 4.45. The van der Waals surface area contributed by atoms with E-state index >= 15 is 0 Å². The molecule has 3 aromatic rings.